The van der Waals surface area contributed by atoms with E-state index < -0.39 is 131 Å². The second-order valence-electron chi connectivity index (χ2n) is 25.9. The van der Waals surface area contributed by atoms with Crippen LogP contribution in [-0.2, 0) is 130 Å². The molecule has 31 heteroatoms. The maximum Gasteiger partial charge on any atom is 0.202 e. The molecule has 4 unspecified atom stereocenters. The first-order valence-corrected chi connectivity index (χ1v) is 34.2. The zero-order chi connectivity index (χ0) is 70.6. The summed E-state index contributed by atoms with van der Waals surface area (Å²) in [5, 5.41) is 70.9. The van der Waals surface area contributed by atoms with Crippen molar-refractivity contribution in [2.45, 2.75) is 196 Å². The van der Waals surface area contributed by atoms with Crippen LogP contribution in [0.2, 0.25) is 0 Å². The minimum absolute atomic E-state index is 0. The van der Waals surface area contributed by atoms with Gasteiger partial charge in [-0.25, -0.2) is 0 Å². The number of aromatic hydroxyl groups is 4. The zero-order valence-corrected chi connectivity index (χ0v) is 64.7. The van der Waals surface area contributed by atoms with Gasteiger partial charge in [0.1, 0.15) is 52.3 Å². The predicted molar refractivity (Wildman–Crippen MR) is 364 cm³/mol. The molecule has 4 aliphatic carbocycles. The van der Waals surface area contributed by atoms with E-state index in [0.717, 1.165) is 0 Å². The maximum atomic E-state index is 14.0. The van der Waals surface area contributed by atoms with Gasteiger partial charge in [-0.1, -0.05) is 44.5 Å². The molecule has 18 atom stereocenters. The third-order valence-corrected chi connectivity index (χ3v) is 20.5. The number of nitrogens with zero attached hydrogens (tertiary/aromatic N) is 2. The summed E-state index contributed by atoms with van der Waals surface area (Å²) in [4.78, 5) is 73.4. The summed E-state index contributed by atoms with van der Waals surface area (Å²) < 4.78 is 71.6. The maximum absolute atomic E-state index is 14.0. The zero-order valence-electron chi connectivity index (χ0n) is 56.8. The van der Waals surface area contributed by atoms with Crippen LogP contribution in [0.25, 0.3) is 0 Å². The van der Waals surface area contributed by atoms with Gasteiger partial charge in [0.15, 0.2) is 55.0 Å². The minimum Gasteiger partial charge on any atom is -0.507 e. The van der Waals surface area contributed by atoms with Gasteiger partial charge >= 0.3 is 0 Å². The molecule has 6 radical (unpaired) electrons. The number of methoxy groups -OCH3 is 4. The second-order valence-corrected chi connectivity index (χ2v) is 25.9. The second kappa shape index (κ2) is 34.7. The molecule has 0 amide bonds. The molecule has 6 saturated heterocycles. The summed E-state index contributed by atoms with van der Waals surface area (Å²) in [5.41, 5.74) is -4.36. The fraction of sp³-hybridized carbons (Fsp3) is 0.557. The van der Waals surface area contributed by atoms with Gasteiger partial charge in [-0.2, -0.15) is 31.1 Å². The van der Waals surface area contributed by atoms with E-state index in [2.05, 4.69) is 38.8 Å². The minimum atomic E-state index is -2.01. The number of carbonyl (C=O) groups is 5. The van der Waals surface area contributed by atoms with Crippen molar-refractivity contribution in [3.8, 4) is 34.5 Å². The molecular formula is C70H88B2N2O23P2Y2-2. The average molecular weight is 1590 g/mol. The Kier molecular flexibility index (Phi) is 28.6. The number of phenols is 4. The van der Waals surface area contributed by atoms with Gasteiger partial charge in [0.05, 0.1) is 106 Å². The van der Waals surface area contributed by atoms with Crippen LogP contribution in [0.5, 0.6) is 34.5 Å². The fourth-order valence-electron chi connectivity index (χ4n) is 16.1. The van der Waals surface area contributed by atoms with E-state index in [-0.39, 0.29) is 202 Å². The molecule has 10 aliphatic rings. The van der Waals surface area contributed by atoms with Crippen molar-refractivity contribution in [1.82, 2.24) is 9.80 Å². The third kappa shape index (κ3) is 15.1. The summed E-state index contributed by atoms with van der Waals surface area (Å²) in [7, 11) is 18.6. The van der Waals surface area contributed by atoms with Crippen molar-refractivity contribution in [2.24, 2.45) is 0 Å². The van der Waals surface area contributed by atoms with Crippen molar-refractivity contribution in [1.29, 1.82) is 0 Å². The summed E-state index contributed by atoms with van der Waals surface area (Å²) in [5.74, 6) is -4.88. The Balaban J connectivity index is 0.000000238. The molecular weight excluding hydrogens is 1500 g/mol. The Hall–Kier alpha value is -3.33. The first kappa shape index (κ1) is 83.3. The summed E-state index contributed by atoms with van der Waals surface area (Å²) >= 11 is 0. The predicted octanol–water partition coefficient (Wildman–Crippen LogP) is 6.40. The third-order valence-electron chi connectivity index (χ3n) is 20.5. The van der Waals surface area contributed by atoms with Crippen LogP contribution in [0.1, 0.15) is 184 Å². The number of hydrogen-bond donors (Lipinski definition) is 6. The van der Waals surface area contributed by atoms with E-state index in [1.807, 2.05) is 32.1 Å². The van der Waals surface area contributed by atoms with Crippen molar-refractivity contribution in [2.75, 3.05) is 54.7 Å². The molecule has 0 spiro atoms. The largest absolute Gasteiger partial charge is 0.507 e. The molecule has 4 aromatic carbocycles. The van der Waals surface area contributed by atoms with Crippen LogP contribution in [-0.4, -0.2) is 225 Å². The number of aliphatic hydroxyl groups is 2. The average Bonchev–Trinajstić information content (AvgIpc) is 1.53. The van der Waals surface area contributed by atoms with E-state index in [1.165, 1.54) is 32.4 Å². The normalized spacial score (nSPS) is 30.9. The van der Waals surface area contributed by atoms with Gasteiger partial charge in [-0.05, 0) is 32.4 Å². The SMILES string of the molecule is C.[B]P.[B]P.[CH2-]CCCC(=O)[C@]1(O)Cc2c(O)c3c(c(O)c2[C@@H](OC2C[C@H]4[C@H](O[C@@H]5[C@@H](OC)OCCN54)[C@H](C)O2)C1)C(=O)c1c(OC)cccc1C3=O.[CH2-]CCC[C@]1(O)Cc2c(O)c3c(c(O)c2[C@@H](OC2C[C@H]4[C@H](O[C@@H]5[C@@H](OC)OCCN54)[C@H](C)O2)C1)C(=O)c1c(OC)cccc1C3=O.[Y].[Y]. The number of carbonyl (C=O) groups excluding carboxylic acids is 5. The quantitative estimate of drug-likeness (QED) is 0.0280. The molecule has 6 heterocycles. The first-order chi connectivity index (χ1) is 47.1. The van der Waals surface area contributed by atoms with Crippen LogP contribution in [0.4, 0.5) is 0 Å². The van der Waals surface area contributed by atoms with Crippen molar-refractivity contribution in [3.63, 3.8) is 0 Å². The monoisotopic (exact) mass is 1590 g/mol. The Labute approximate surface area is 645 Å². The molecule has 0 saturated carbocycles. The number of morpholine rings is 2. The molecule has 4 aromatic rings. The summed E-state index contributed by atoms with van der Waals surface area (Å²) in [6.45, 7) is 13.6. The van der Waals surface area contributed by atoms with Crippen molar-refractivity contribution < 1.29 is 177 Å². The van der Waals surface area contributed by atoms with Crippen LogP contribution < -0.4 is 9.47 Å². The number of benzene rings is 4. The van der Waals surface area contributed by atoms with Crippen molar-refractivity contribution in [3.05, 3.63) is 117 Å². The van der Waals surface area contributed by atoms with Gasteiger partial charge < -0.3 is 101 Å². The molecule has 101 heavy (non-hydrogen) atoms. The Morgan fingerprint density at radius 1 is 0.594 bits per heavy atom. The van der Waals surface area contributed by atoms with Gasteiger partial charge in [0, 0.05) is 183 Å². The van der Waals surface area contributed by atoms with E-state index in [1.54, 1.807) is 32.4 Å². The molecule has 0 bridgehead atoms. The van der Waals surface area contributed by atoms with Gasteiger partial charge in [0.2, 0.25) is 11.6 Å². The molecule has 6 aliphatic heterocycles. The van der Waals surface area contributed by atoms with Crippen molar-refractivity contribution >= 4 is 62.3 Å². The Morgan fingerprint density at radius 2 is 1.01 bits per heavy atom. The summed E-state index contributed by atoms with van der Waals surface area (Å²) in [6.07, 6.45) is -4.56. The fourth-order valence-corrected chi connectivity index (χ4v) is 16.1. The number of fused-ring (bicyclic) bond motifs is 12. The first-order valence-electron chi connectivity index (χ1n) is 32.8. The van der Waals surface area contributed by atoms with Crippen LogP contribution in [0.3, 0.4) is 0 Å². The van der Waals surface area contributed by atoms with Crippen LogP contribution in [0, 0.1) is 13.8 Å². The standard InChI is InChI=1S/C35H40NO12.C34H40NO11.CH4.2BH2P.2Y/c1-5-6-10-22(37)35(42)14-18-25(31(41)27-26(29(18)39)28(38)17-8-7-9-20(43-3)24(17)30(27)40)21(15-35)47-23-13-19-32(16(2)46-23)48-33-34(44-4)45-12-11-36(19)33;1-5-6-10-34(40)14-18-24(30(39)26-25(28(18)37)27(36)17-8-7-9-20(41-3)23(17)29(26)38)21(15-34)45-22-13-19-31(16(2)44-22)46-32-33(42-4)43-12-11-35(19)32;;2*1-2;;/h7-9,16,19,21,23,32-34,39,41-42H,1,5-6,10-15H2,2-4H3;7-9,16,19,21-22,31-33,37,39-40H,1,5-6,10-15H2,2-4H3;1H4;2*2H2;;/q2*-1;;;;;/t16-,19-,21-,23?,32+,33+,34-,35-;16-,19-,21-,22?,31+,32+,33-,34-;;;;;/m00...../s1. The smallest absolute Gasteiger partial charge is 0.202 e. The molecule has 6 fully saturated rings. The molecule has 540 valence electrons. The number of unbranched alkanes of at least 4 members (excludes halogenated alkanes) is 2. The topological polar surface area (TPSA) is 324 Å². The number of phenolic OH excluding ortho intramolecular Hbond substituents is 4. The Bertz CT molecular complexity index is 3730. The Morgan fingerprint density at radius 3 is 1.43 bits per heavy atom. The van der Waals surface area contributed by atoms with Crippen LogP contribution >= 0.6 is 18.2 Å². The number of ether oxygens (including phenoxy) is 12. The van der Waals surface area contributed by atoms with E-state index in [0.29, 0.717) is 71.2 Å². The number of Topliss-reactive ketones (excluding diaryl/α,β-unsaturated/α-hetero) is 1. The molecule has 14 rings (SSSR count). The van der Waals surface area contributed by atoms with Gasteiger partial charge in [-0.3, -0.25) is 33.8 Å². The van der Waals surface area contributed by atoms with Gasteiger partial charge in [0.25, 0.3) is 0 Å². The molecule has 0 aromatic heterocycles. The van der Waals surface area contributed by atoms with E-state index in [9.17, 15) is 54.6 Å². The van der Waals surface area contributed by atoms with Crippen LogP contribution in [0.15, 0.2) is 36.4 Å². The molecule has 25 nitrogen and oxygen atoms in total. The van der Waals surface area contributed by atoms with E-state index in [4.69, 9.17) is 56.8 Å². The molecule has 6 N–H and O–H groups in total. The number of hydrogen-bond acceptors (Lipinski definition) is 25. The van der Waals surface area contributed by atoms with E-state index >= 15 is 0 Å². The number of rotatable bonds is 15. The van der Waals surface area contributed by atoms with Gasteiger partial charge in [-0.15, -0.1) is 0 Å². The summed E-state index contributed by atoms with van der Waals surface area (Å²) in [6, 6.07) is 8.95. The number of ketones is 5.